The van der Waals surface area contributed by atoms with Crippen molar-refractivity contribution in [2.75, 3.05) is 5.75 Å². The van der Waals surface area contributed by atoms with Gasteiger partial charge in [-0.2, -0.15) is 30.4 Å². The van der Waals surface area contributed by atoms with Crippen molar-refractivity contribution >= 4 is 36.3 Å². The molecule has 0 saturated heterocycles. The van der Waals surface area contributed by atoms with Gasteiger partial charge >= 0.3 is 5.69 Å². The quantitative estimate of drug-likeness (QED) is 0.717. The number of H-pyrrole nitrogens is 1. The van der Waals surface area contributed by atoms with Gasteiger partial charge in [-0.25, -0.2) is 4.79 Å². The molecule has 8 heteroatoms. The van der Waals surface area contributed by atoms with Crippen LogP contribution in [-0.4, -0.2) is 29.8 Å². The average Bonchev–Trinajstić information content (AvgIpc) is 2.71. The predicted octanol–water partition coefficient (Wildman–Crippen LogP) is 0.432. The molecule has 0 radical (unpaired) electrons. The van der Waals surface area contributed by atoms with Gasteiger partial charge in [-0.1, -0.05) is 0 Å². The Morgan fingerprint density at radius 1 is 1.47 bits per heavy atom. The van der Waals surface area contributed by atoms with Crippen LogP contribution >= 0.6 is 25.3 Å². The zero-order valence-electron chi connectivity index (χ0n) is 10.8. The molecule has 0 spiro atoms. The molecule has 1 N–H and O–H groups in total. The number of aryl methyl sites for hydroxylation is 1. The number of aromatic nitrogens is 4. The molecule has 0 bridgehead atoms. The second kappa shape index (κ2) is 5.09. The highest BCUT2D eigenvalue weighted by atomic mass is 32.1. The summed E-state index contributed by atoms with van der Waals surface area (Å²) in [7, 11) is 1.67. The van der Waals surface area contributed by atoms with Crippen LogP contribution in [0.1, 0.15) is 13.3 Å². The van der Waals surface area contributed by atoms with E-state index < -0.39 is 5.69 Å². The predicted molar refractivity (Wildman–Crippen MR) is 81.5 cm³/mol. The van der Waals surface area contributed by atoms with E-state index in [1.807, 2.05) is 6.92 Å². The van der Waals surface area contributed by atoms with Crippen LogP contribution in [0.5, 0.6) is 0 Å². The summed E-state index contributed by atoms with van der Waals surface area (Å²) in [4.78, 5) is 26.8. The molecule has 2 aromatic heterocycles. The summed E-state index contributed by atoms with van der Waals surface area (Å²) in [6, 6.07) is 0. The molecule has 19 heavy (non-hydrogen) atoms. The summed E-state index contributed by atoms with van der Waals surface area (Å²) in [5.74, 6) is 0.567. The Kier molecular flexibility index (Phi) is 3.82. The Bertz CT molecular complexity index is 714. The molecule has 2 aromatic rings. The molecule has 6 nitrogen and oxygen atoms in total. The first-order valence-corrected chi connectivity index (χ1v) is 6.92. The van der Waals surface area contributed by atoms with Crippen LogP contribution in [0.15, 0.2) is 15.8 Å². The van der Waals surface area contributed by atoms with Gasteiger partial charge in [-0.05, 0) is 13.3 Å². The minimum absolute atomic E-state index is 0.305. The van der Waals surface area contributed by atoms with E-state index >= 15 is 0 Å². The maximum absolute atomic E-state index is 12.2. The zero-order chi connectivity index (χ0) is 14.2. The highest BCUT2D eigenvalue weighted by Gasteiger charge is 2.18. The third-order valence-electron chi connectivity index (χ3n) is 3.10. The van der Waals surface area contributed by atoms with Crippen molar-refractivity contribution in [2.45, 2.75) is 24.6 Å². The Balaban J connectivity index is 2.45. The molecular formula is C11H16N4O2S2. The first-order valence-electron chi connectivity index (χ1n) is 5.84. The minimum Gasteiger partial charge on any atom is -0.291 e. The lowest BCUT2D eigenvalue weighted by molar-refractivity contribution is 0.535. The van der Waals surface area contributed by atoms with Crippen LogP contribution in [0.2, 0.25) is 0 Å². The van der Waals surface area contributed by atoms with Gasteiger partial charge < -0.3 is 0 Å². The van der Waals surface area contributed by atoms with Gasteiger partial charge in [-0.15, -0.1) is 0 Å². The molecule has 2 rings (SSSR count). The number of fused-ring (bicyclic) bond motifs is 1. The highest BCUT2D eigenvalue weighted by molar-refractivity contribution is 7.85. The van der Waals surface area contributed by atoms with Gasteiger partial charge in [0.2, 0.25) is 0 Å². The lowest BCUT2D eigenvalue weighted by atomic mass is 10.1. The van der Waals surface area contributed by atoms with Gasteiger partial charge in [-0.3, -0.25) is 19.0 Å². The third kappa shape index (κ3) is 2.74. The third-order valence-corrected chi connectivity index (χ3v) is 4.43. The van der Waals surface area contributed by atoms with Crippen LogP contribution in [0.4, 0.5) is 0 Å². The molecule has 2 heterocycles. The Labute approximate surface area is 120 Å². The SMILES string of the molecule is Cn1ncc2c(=O)n(CC[C@@](C)(S)CS)c(=O)[nH]c21. The second-order valence-corrected chi connectivity index (χ2v) is 6.22. The van der Waals surface area contributed by atoms with Gasteiger partial charge in [0.15, 0.2) is 0 Å². The molecule has 1 atom stereocenters. The Morgan fingerprint density at radius 2 is 2.16 bits per heavy atom. The van der Waals surface area contributed by atoms with Crippen molar-refractivity contribution in [2.24, 2.45) is 7.05 Å². The number of aromatic amines is 1. The minimum atomic E-state index is -0.426. The van der Waals surface area contributed by atoms with E-state index in [-0.39, 0.29) is 10.3 Å². The van der Waals surface area contributed by atoms with Crippen LogP contribution in [0.25, 0.3) is 11.0 Å². The number of hydrogen-bond donors (Lipinski definition) is 3. The van der Waals surface area contributed by atoms with Crippen molar-refractivity contribution in [3.05, 3.63) is 27.0 Å². The molecule has 0 amide bonds. The van der Waals surface area contributed by atoms with Gasteiger partial charge in [0, 0.05) is 24.1 Å². The van der Waals surface area contributed by atoms with E-state index in [1.165, 1.54) is 15.4 Å². The van der Waals surface area contributed by atoms with Crippen molar-refractivity contribution in [1.82, 2.24) is 19.3 Å². The molecule has 104 valence electrons. The smallest absolute Gasteiger partial charge is 0.291 e. The normalized spacial score (nSPS) is 14.7. The fourth-order valence-corrected chi connectivity index (χ4v) is 2.04. The number of nitrogens with one attached hydrogen (secondary N) is 1. The molecule has 0 aliphatic heterocycles. The fraction of sp³-hybridized carbons (Fsp3) is 0.545. The van der Waals surface area contributed by atoms with Crippen LogP contribution in [-0.2, 0) is 13.6 Å². The van der Waals surface area contributed by atoms with Crippen LogP contribution in [0.3, 0.4) is 0 Å². The maximum Gasteiger partial charge on any atom is 0.329 e. The van der Waals surface area contributed by atoms with E-state index in [9.17, 15) is 9.59 Å². The van der Waals surface area contributed by atoms with E-state index in [4.69, 9.17) is 0 Å². The summed E-state index contributed by atoms with van der Waals surface area (Å²) in [5.41, 5.74) is -0.311. The van der Waals surface area contributed by atoms with E-state index in [0.717, 1.165) is 0 Å². The summed E-state index contributed by atoms with van der Waals surface area (Å²) < 4.78 is 2.33. The molecule has 0 saturated carbocycles. The van der Waals surface area contributed by atoms with Crippen LogP contribution < -0.4 is 11.2 Å². The van der Waals surface area contributed by atoms with Gasteiger partial charge in [0.05, 0.1) is 6.20 Å². The summed E-state index contributed by atoms with van der Waals surface area (Å²) in [5, 5.41) is 4.38. The largest absolute Gasteiger partial charge is 0.329 e. The van der Waals surface area contributed by atoms with Gasteiger partial charge in [0.1, 0.15) is 11.0 Å². The molecule has 0 aliphatic carbocycles. The van der Waals surface area contributed by atoms with E-state index in [1.54, 1.807) is 7.05 Å². The van der Waals surface area contributed by atoms with Crippen molar-refractivity contribution in [3.63, 3.8) is 0 Å². The van der Waals surface area contributed by atoms with Crippen molar-refractivity contribution < 1.29 is 0 Å². The maximum atomic E-state index is 12.2. The number of thiol groups is 2. The fourth-order valence-electron chi connectivity index (χ4n) is 1.78. The Morgan fingerprint density at radius 3 is 2.79 bits per heavy atom. The second-order valence-electron chi connectivity index (χ2n) is 4.82. The summed E-state index contributed by atoms with van der Waals surface area (Å²) in [6.45, 7) is 2.23. The topological polar surface area (TPSA) is 72.7 Å². The number of nitrogens with zero attached hydrogens (tertiary/aromatic N) is 3. The molecule has 0 aromatic carbocycles. The number of hydrogen-bond acceptors (Lipinski definition) is 5. The molecule has 0 aliphatic rings. The lowest BCUT2D eigenvalue weighted by Gasteiger charge is -2.20. The first-order chi connectivity index (χ1) is 8.85. The van der Waals surface area contributed by atoms with Crippen LogP contribution in [0, 0.1) is 0 Å². The summed E-state index contributed by atoms with van der Waals surface area (Å²) >= 11 is 8.64. The van der Waals surface area contributed by atoms with Gasteiger partial charge in [0.25, 0.3) is 5.56 Å². The highest BCUT2D eigenvalue weighted by Crippen LogP contribution is 2.20. The molecular weight excluding hydrogens is 284 g/mol. The van der Waals surface area contributed by atoms with E-state index in [2.05, 4.69) is 35.3 Å². The Hall–Kier alpha value is -1.15. The van der Waals surface area contributed by atoms with Crippen molar-refractivity contribution in [3.8, 4) is 0 Å². The summed E-state index contributed by atoms with van der Waals surface area (Å²) in [6.07, 6.45) is 2.04. The average molecular weight is 300 g/mol. The van der Waals surface area contributed by atoms with E-state index in [0.29, 0.717) is 29.8 Å². The number of rotatable bonds is 4. The molecule has 0 fully saturated rings. The zero-order valence-corrected chi connectivity index (χ0v) is 12.5. The van der Waals surface area contributed by atoms with Crippen molar-refractivity contribution in [1.29, 1.82) is 0 Å². The first kappa shape index (κ1) is 14.3. The monoisotopic (exact) mass is 300 g/mol. The standard InChI is InChI=1S/C11H16N4O2S2/c1-11(19,6-18)3-4-15-9(16)7-5-12-14(2)8(7)13-10(15)17/h5,18-19H,3-4,6H2,1-2H3,(H,13,17)/t11-/m1/s1. The molecule has 0 unspecified atom stereocenters. The lowest BCUT2D eigenvalue weighted by Crippen LogP contribution is -2.37.